The van der Waals surface area contributed by atoms with Gasteiger partial charge in [-0.2, -0.15) is 0 Å². The fraction of sp³-hybridized carbons (Fsp3) is 0.417. The lowest BCUT2D eigenvalue weighted by Crippen LogP contribution is -3.29. The molecule has 2 N–H and O–H groups in total. The summed E-state index contributed by atoms with van der Waals surface area (Å²) in [6.45, 7) is 11.0. The van der Waals surface area contributed by atoms with Gasteiger partial charge in [-0.05, 0) is 31.9 Å². The number of hydrogen-bond acceptors (Lipinski definition) is 2. The van der Waals surface area contributed by atoms with Crippen LogP contribution in [0.1, 0.15) is 28.7 Å². The van der Waals surface area contributed by atoms with E-state index in [4.69, 9.17) is 0 Å². The van der Waals surface area contributed by atoms with Crippen LogP contribution >= 0.6 is 0 Å². The van der Waals surface area contributed by atoms with Gasteiger partial charge in [0.05, 0.1) is 12.1 Å². The summed E-state index contributed by atoms with van der Waals surface area (Å²) in [7, 11) is 0. The summed E-state index contributed by atoms with van der Waals surface area (Å²) in [6.07, 6.45) is 0.329. The Balaban J connectivity index is 1.42. The van der Waals surface area contributed by atoms with Crippen LogP contribution in [0.15, 0.2) is 42.5 Å². The van der Waals surface area contributed by atoms with E-state index in [0.717, 1.165) is 49.5 Å². The first kappa shape index (κ1) is 19.8. The summed E-state index contributed by atoms with van der Waals surface area (Å²) < 4.78 is 0. The fourth-order valence-corrected chi connectivity index (χ4v) is 4.90. The van der Waals surface area contributed by atoms with Crippen LogP contribution in [0.3, 0.4) is 0 Å². The number of imide groups is 1. The molecular formula is C24H31N3O2+2. The summed E-state index contributed by atoms with van der Waals surface area (Å²) in [5.74, 6) is -0.0797. The number of para-hydroxylation sites is 1. The third-order valence-corrected chi connectivity index (χ3v) is 6.44. The molecule has 0 bridgehead atoms. The van der Waals surface area contributed by atoms with Crippen LogP contribution in [0.4, 0.5) is 5.69 Å². The molecule has 29 heavy (non-hydrogen) atoms. The molecule has 4 rings (SSSR count). The van der Waals surface area contributed by atoms with E-state index in [1.165, 1.54) is 20.9 Å². The molecule has 2 saturated heterocycles. The van der Waals surface area contributed by atoms with Crippen LogP contribution < -0.4 is 14.7 Å². The Bertz CT molecular complexity index is 911. The Labute approximate surface area is 172 Å². The van der Waals surface area contributed by atoms with Crippen molar-refractivity contribution in [3.05, 3.63) is 64.7 Å². The van der Waals surface area contributed by atoms with Crippen molar-refractivity contribution in [2.45, 2.75) is 39.8 Å². The molecule has 0 aromatic heterocycles. The number of nitrogens with one attached hydrogen (secondary N) is 2. The van der Waals surface area contributed by atoms with E-state index in [0.29, 0.717) is 6.42 Å². The topological polar surface area (TPSA) is 46.3 Å². The average Bonchev–Trinajstić information content (AvgIpc) is 2.97. The Hall–Kier alpha value is -2.50. The number of carbonyl (C=O) groups excluding carboxylic acids is 2. The molecule has 2 amide bonds. The second kappa shape index (κ2) is 8.09. The molecule has 2 aromatic carbocycles. The van der Waals surface area contributed by atoms with Crippen molar-refractivity contribution >= 4 is 17.5 Å². The number of aryl methyl sites for hydroxylation is 3. The summed E-state index contributed by atoms with van der Waals surface area (Å²) >= 11 is 0. The van der Waals surface area contributed by atoms with E-state index in [1.54, 1.807) is 4.90 Å². The van der Waals surface area contributed by atoms with Crippen molar-refractivity contribution in [1.82, 2.24) is 0 Å². The largest absolute Gasteiger partial charge is 0.322 e. The normalized spacial score (nSPS) is 24.9. The summed E-state index contributed by atoms with van der Waals surface area (Å²) in [6, 6.07) is 14.4. The lowest BCUT2D eigenvalue weighted by Gasteiger charge is -2.32. The lowest BCUT2D eigenvalue weighted by atomic mass is 10.1. The van der Waals surface area contributed by atoms with E-state index in [2.05, 4.69) is 31.2 Å². The van der Waals surface area contributed by atoms with Crippen molar-refractivity contribution in [2.24, 2.45) is 0 Å². The van der Waals surface area contributed by atoms with Gasteiger partial charge in [-0.25, -0.2) is 4.90 Å². The highest BCUT2D eigenvalue weighted by Crippen LogP contribution is 2.29. The van der Waals surface area contributed by atoms with Gasteiger partial charge in [0.15, 0.2) is 6.04 Å². The van der Waals surface area contributed by atoms with E-state index in [1.807, 2.05) is 32.0 Å². The second-order valence-corrected chi connectivity index (χ2v) is 8.64. The number of hydrogen-bond donors (Lipinski definition) is 2. The van der Waals surface area contributed by atoms with Crippen molar-refractivity contribution in [3.63, 3.8) is 0 Å². The van der Waals surface area contributed by atoms with Gasteiger partial charge in [0.25, 0.3) is 5.91 Å². The minimum Gasteiger partial charge on any atom is -0.322 e. The van der Waals surface area contributed by atoms with Crippen molar-refractivity contribution in [3.8, 4) is 0 Å². The van der Waals surface area contributed by atoms with E-state index < -0.39 is 0 Å². The molecule has 2 aromatic rings. The van der Waals surface area contributed by atoms with E-state index in [9.17, 15) is 9.59 Å². The molecule has 0 spiro atoms. The number of amides is 2. The zero-order valence-electron chi connectivity index (χ0n) is 17.6. The molecule has 2 aliphatic rings. The first-order valence-corrected chi connectivity index (χ1v) is 10.6. The number of piperazine rings is 1. The summed E-state index contributed by atoms with van der Waals surface area (Å²) in [5, 5.41) is 0. The third-order valence-electron chi connectivity index (χ3n) is 6.44. The Morgan fingerprint density at radius 2 is 1.59 bits per heavy atom. The minimum atomic E-state index is -0.234. The maximum Gasteiger partial charge on any atom is 0.292 e. The van der Waals surface area contributed by atoms with Crippen molar-refractivity contribution in [2.75, 3.05) is 31.1 Å². The number of nitrogens with zero attached hydrogens (tertiary/aromatic N) is 1. The molecule has 152 valence electrons. The molecule has 1 atom stereocenters. The van der Waals surface area contributed by atoms with Crippen molar-refractivity contribution < 1.29 is 19.4 Å². The van der Waals surface area contributed by atoms with Gasteiger partial charge in [-0.3, -0.25) is 9.59 Å². The zero-order chi connectivity index (χ0) is 20.5. The monoisotopic (exact) mass is 393 g/mol. The highest BCUT2D eigenvalue weighted by atomic mass is 16.2. The maximum absolute atomic E-state index is 13.2. The van der Waals surface area contributed by atoms with Crippen LogP contribution in [0.2, 0.25) is 0 Å². The van der Waals surface area contributed by atoms with Crippen LogP contribution in [0.25, 0.3) is 0 Å². The van der Waals surface area contributed by atoms with Crippen LogP contribution in [-0.2, 0) is 16.1 Å². The van der Waals surface area contributed by atoms with Gasteiger partial charge in [0, 0.05) is 5.56 Å². The second-order valence-electron chi connectivity index (χ2n) is 8.64. The predicted octanol–water partition coefficient (Wildman–Crippen LogP) is 0.227. The number of anilines is 1. The maximum atomic E-state index is 13.2. The molecule has 5 nitrogen and oxygen atoms in total. The van der Waals surface area contributed by atoms with Gasteiger partial charge < -0.3 is 9.80 Å². The number of quaternary nitrogens is 2. The van der Waals surface area contributed by atoms with E-state index in [-0.39, 0.29) is 17.9 Å². The van der Waals surface area contributed by atoms with Gasteiger partial charge in [-0.15, -0.1) is 0 Å². The smallest absolute Gasteiger partial charge is 0.292 e. The van der Waals surface area contributed by atoms with E-state index >= 15 is 0 Å². The van der Waals surface area contributed by atoms with Crippen LogP contribution in [0, 0.1) is 20.8 Å². The predicted molar refractivity (Wildman–Crippen MR) is 113 cm³/mol. The number of benzene rings is 2. The van der Waals surface area contributed by atoms with Crippen LogP contribution in [-0.4, -0.2) is 44.0 Å². The Morgan fingerprint density at radius 1 is 0.931 bits per heavy atom. The van der Waals surface area contributed by atoms with Crippen LogP contribution in [0.5, 0.6) is 0 Å². The standard InChI is InChI=1S/C24H29N3O2/c1-17-6-4-9-20(14-17)16-25-10-12-26(13-11-25)21-15-22(28)27(24(21)29)23-18(2)7-5-8-19(23)3/h4-9,14,21H,10-13,15-16H2,1-3H3/p+2/t21-/m1/s1. The lowest BCUT2D eigenvalue weighted by molar-refractivity contribution is -1.02. The highest BCUT2D eigenvalue weighted by molar-refractivity contribution is 6.22. The fourth-order valence-electron chi connectivity index (χ4n) is 4.90. The van der Waals surface area contributed by atoms with Gasteiger partial charge in [0.1, 0.15) is 32.7 Å². The first-order chi connectivity index (χ1) is 13.9. The molecule has 2 aliphatic heterocycles. The highest BCUT2D eigenvalue weighted by Gasteiger charge is 2.47. The molecule has 2 heterocycles. The molecule has 0 unspecified atom stereocenters. The molecule has 2 fully saturated rings. The number of rotatable bonds is 4. The van der Waals surface area contributed by atoms with Gasteiger partial charge >= 0.3 is 0 Å². The molecule has 0 aliphatic carbocycles. The number of carbonyl (C=O) groups is 2. The van der Waals surface area contributed by atoms with Crippen molar-refractivity contribution in [1.29, 1.82) is 0 Å². The zero-order valence-corrected chi connectivity index (χ0v) is 17.6. The first-order valence-electron chi connectivity index (χ1n) is 10.6. The average molecular weight is 394 g/mol. The quantitative estimate of drug-likeness (QED) is 0.731. The summed E-state index contributed by atoms with van der Waals surface area (Å²) in [4.78, 5) is 30.3. The molecular weight excluding hydrogens is 362 g/mol. The third kappa shape index (κ3) is 3.98. The van der Waals surface area contributed by atoms with Gasteiger partial charge in [-0.1, -0.05) is 48.0 Å². The molecule has 0 saturated carbocycles. The Kier molecular flexibility index (Phi) is 5.52. The van der Waals surface area contributed by atoms with Gasteiger partial charge in [0.2, 0.25) is 5.91 Å². The summed E-state index contributed by atoms with van der Waals surface area (Å²) in [5.41, 5.74) is 5.42. The molecule has 5 heteroatoms. The molecule has 0 radical (unpaired) electrons. The Morgan fingerprint density at radius 3 is 2.24 bits per heavy atom. The SMILES string of the molecule is Cc1cccc(C[NH+]2CC[NH+]([C@@H]3CC(=O)N(c4c(C)cccc4C)C3=O)CC2)c1. The minimum absolute atomic E-state index is 0.0236.